The van der Waals surface area contributed by atoms with E-state index in [9.17, 15) is 10.1 Å². The SMILES string of the molecule is CCC1CCCc2sc(OC(N)=O)c(C#N)c21. The number of hydrogen-bond donors (Lipinski definition) is 1. The van der Waals surface area contributed by atoms with Gasteiger partial charge in [0, 0.05) is 4.88 Å². The van der Waals surface area contributed by atoms with Crippen molar-refractivity contribution in [3.63, 3.8) is 0 Å². The van der Waals surface area contributed by atoms with Crippen LogP contribution in [0.3, 0.4) is 0 Å². The fourth-order valence-corrected chi connectivity index (χ4v) is 3.65. The number of carbonyl (C=O) groups excluding carboxylic acids is 1. The molecule has 1 heterocycles. The highest BCUT2D eigenvalue weighted by Gasteiger charge is 2.28. The van der Waals surface area contributed by atoms with E-state index in [4.69, 9.17) is 10.5 Å². The van der Waals surface area contributed by atoms with Crippen LogP contribution in [0.15, 0.2) is 0 Å². The number of fused-ring (bicyclic) bond motifs is 1. The van der Waals surface area contributed by atoms with Crippen molar-refractivity contribution in [2.24, 2.45) is 5.73 Å². The highest BCUT2D eigenvalue weighted by molar-refractivity contribution is 7.14. The van der Waals surface area contributed by atoms with E-state index in [0.717, 1.165) is 31.2 Å². The van der Waals surface area contributed by atoms with Gasteiger partial charge in [-0.3, -0.25) is 0 Å². The van der Waals surface area contributed by atoms with Crippen molar-refractivity contribution in [2.75, 3.05) is 0 Å². The molecule has 1 aliphatic carbocycles. The second kappa shape index (κ2) is 4.76. The van der Waals surface area contributed by atoms with E-state index < -0.39 is 6.09 Å². The van der Waals surface area contributed by atoms with Crippen molar-refractivity contribution in [1.29, 1.82) is 5.26 Å². The maximum absolute atomic E-state index is 10.8. The van der Waals surface area contributed by atoms with E-state index >= 15 is 0 Å². The Morgan fingerprint density at radius 1 is 1.71 bits per heavy atom. The molecule has 1 atom stereocenters. The van der Waals surface area contributed by atoms with Crippen LogP contribution in [-0.4, -0.2) is 6.09 Å². The fraction of sp³-hybridized carbons (Fsp3) is 0.500. The molecule has 0 saturated heterocycles. The minimum atomic E-state index is -0.854. The van der Waals surface area contributed by atoms with Gasteiger partial charge in [0.15, 0.2) is 0 Å². The Morgan fingerprint density at radius 3 is 3.06 bits per heavy atom. The van der Waals surface area contributed by atoms with Crippen molar-refractivity contribution in [2.45, 2.75) is 38.5 Å². The number of primary amides is 1. The molecule has 1 unspecified atom stereocenters. The third-order valence-electron chi connectivity index (χ3n) is 3.15. The summed E-state index contributed by atoms with van der Waals surface area (Å²) < 4.78 is 4.92. The van der Waals surface area contributed by atoms with Gasteiger partial charge < -0.3 is 10.5 Å². The molecule has 1 aromatic heterocycles. The van der Waals surface area contributed by atoms with Crippen LogP contribution in [-0.2, 0) is 6.42 Å². The van der Waals surface area contributed by atoms with Crippen molar-refractivity contribution in [3.8, 4) is 11.1 Å². The smallest absolute Gasteiger partial charge is 0.398 e. The average Bonchev–Trinajstić information content (AvgIpc) is 2.64. The summed E-state index contributed by atoms with van der Waals surface area (Å²) in [5.74, 6) is 0.412. The van der Waals surface area contributed by atoms with E-state index in [2.05, 4.69) is 13.0 Å². The van der Waals surface area contributed by atoms with E-state index in [0.29, 0.717) is 16.5 Å². The Balaban J connectivity index is 2.48. The van der Waals surface area contributed by atoms with Crippen LogP contribution in [0.25, 0.3) is 0 Å². The van der Waals surface area contributed by atoms with E-state index in [1.165, 1.54) is 16.2 Å². The van der Waals surface area contributed by atoms with Crippen LogP contribution in [0.2, 0.25) is 0 Å². The van der Waals surface area contributed by atoms with E-state index in [-0.39, 0.29) is 0 Å². The predicted octanol–water partition coefficient (Wildman–Crippen LogP) is 2.91. The lowest BCUT2D eigenvalue weighted by atomic mass is 9.84. The zero-order chi connectivity index (χ0) is 12.4. The number of carbonyl (C=O) groups is 1. The number of rotatable bonds is 2. The summed E-state index contributed by atoms with van der Waals surface area (Å²) in [6.45, 7) is 2.12. The van der Waals surface area contributed by atoms with Gasteiger partial charge >= 0.3 is 6.09 Å². The molecule has 1 aromatic rings. The third kappa shape index (κ3) is 2.13. The first kappa shape index (κ1) is 11.9. The topological polar surface area (TPSA) is 76.1 Å². The summed E-state index contributed by atoms with van der Waals surface area (Å²) in [7, 11) is 0. The highest BCUT2D eigenvalue weighted by Crippen LogP contribution is 2.45. The van der Waals surface area contributed by atoms with Crippen LogP contribution >= 0.6 is 11.3 Å². The van der Waals surface area contributed by atoms with Gasteiger partial charge in [-0.05, 0) is 37.2 Å². The molecule has 0 saturated carbocycles. The van der Waals surface area contributed by atoms with Gasteiger partial charge in [0.25, 0.3) is 0 Å². The van der Waals surface area contributed by atoms with Crippen LogP contribution < -0.4 is 10.5 Å². The number of hydrogen-bond acceptors (Lipinski definition) is 4. The Morgan fingerprint density at radius 2 is 2.47 bits per heavy atom. The van der Waals surface area contributed by atoms with Crippen molar-refractivity contribution < 1.29 is 9.53 Å². The molecule has 0 radical (unpaired) electrons. The Bertz CT molecular complexity index is 487. The Labute approximate surface area is 104 Å². The second-order valence-electron chi connectivity index (χ2n) is 4.13. The minimum absolute atomic E-state index is 0.366. The molecule has 0 aliphatic heterocycles. The normalized spacial score (nSPS) is 18.2. The number of nitrogens with two attached hydrogens (primary N) is 1. The first-order chi connectivity index (χ1) is 8.17. The zero-order valence-electron chi connectivity index (χ0n) is 9.66. The first-order valence-electron chi connectivity index (χ1n) is 5.70. The van der Waals surface area contributed by atoms with Gasteiger partial charge in [0.05, 0.1) is 0 Å². The predicted molar refractivity (Wildman–Crippen MR) is 65.2 cm³/mol. The van der Waals surface area contributed by atoms with Crippen LogP contribution in [0.4, 0.5) is 4.79 Å². The zero-order valence-corrected chi connectivity index (χ0v) is 10.5. The van der Waals surface area contributed by atoms with Gasteiger partial charge in [0.1, 0.15) is 11.6 Å². The molecule has 0 bridgehead atoms. The maximum Gasteiger partial charge on any atom is 0.410 e. The molecule has 2 rings (SSSR count). The van der Waals surface area contributed by atoms with Crippen LogP contribution in [0.5, 0.6) is 5.06 Å². The highest BCUT2D eigenvalue weighted by atomic mass is 32.1. The molecule has 4 nitrogen and oxygen atoms in total. The number of thiophene rings is 1. The summed E-state index contributed by atoms with van der Waals surface area (Å²) in [6, 6.07) is 2.15. The molecule has 1 aliphatic rings. The molecule has 17 heavy (non-hydrogen) atoms. The van der Waals surface area contributed by atoms with Gasteiger partial charge in [0.2, 0.25) is 5.06 Å². The largest absolute Gasteiger partial charge is 0.410 e. The summed E-state index contributed by atoms with van der Waals surface area (Å²) in [5.41, 5.74) is 6.60. The number of ether oxygens (including phenoxy) is 1. The van der Waals surface area contributed by atoms with Gasteiger partial charge in [-0.15, -0.1) is 11.3 Å². The minimum Gasteiger partial charge on any atom is -0.398 e. The van der Waals surface area contributed by atoms with Crippen molar-refractivity contribution >= 4 is 17.4 Å². The summed E-state index contributed by atoms with van der Waals surface area (Å²) in [5, 5.41) is 9.58. The van der Waals surface area contributed by atoms with Crippen molar-refractivity contribution in [1.82, 2.24) is 0 Å². The number of nitrogens with zero attached hydrogens (tertiary/aromatic N) is 1. The standard InChI is InChI=1S/C12H14N2O2S/c1-2-7-4-3-5-9-10(7)8(6-13)11(17-9)16-12(14)15/h7H,2-5H2,1H3,(H2,14,15). The van der Waals surface area contributed by atoms with E-state index in [1.54, 1.807) is 0 Å². The maximum atomic E-state index is 10.8. The Kier molecular flexibility index (Phi) is 3.34. The average molecular weight is 250 g/mol. The lowest BCUT2D eigenvalue weighted by Gasteiger charge is -2.21. The van der Waals surface area contributed by atoms with E-state index in [1.807, 2.05) is 0 Å². The van der Waals surface area contributed by atoms with Crippen molar-refractivity contribution in [3.05, 3.63) is 16.0 Å². The first-order valence-corrected chi connectivity index (χ1v) is 6.52. The molecule has 5 heteroatoms. The second-order valence-corrected chi connectivity index (χ2v) is 5.20. The quantitative estimate of drug-likeness (QED) is 0.876. The molecule has 2 N–H and O–H groups in total. The third-order valence-corrected chi connectivity index (χ3v) is 4.30. The molecule has 1 amide bonds. The molecule has 0 spiro atoms. The van der Waals surface area contributed by atoms with Crippen LogP contribution in [0, 0.1) is 11.3 Å². The molecular formula is C12H14N2O2S. The molecule has 90 valence electrons. The van der Waals surface area contributed by atoms with Gasteiger partial charge in [-0.25, -0.2) is 4.79 Å². The fourth-order valence-electron chi connectivity index (χ4n) is 2.42. The van der Waals surface area contributed by atoms with Gasteiger partial charge in [-0.1, -0.05) is 6.92 Å². The lowest BCUT2D eigenvalue weighted by molar-refractivity contribution is 0.212. The number of amides is 1. The summed E-state index contributed by atoms with van der Waals surface area (Å²) in [6.07, 6.45) is 3.35. The van der Waals surface area contributed by atoms with Gasteiger partial charge in [-0.2, -0.15) is 5.26 Å². The molecule has 0 fully saturated rings. The molecular weight excluding hydrogens is 236 g/mol. The number of aryl methyl sites for hydroxylation is 1. The Hall–Kier alpha value is -1.54. The monoisotopic (exact) mass is 250 g/mol. The van der Waals surface area contributed by atoms with Crippen LogP contribution in [0.1, 0.15) is 48.1 Å². The number of nitriles is 1. The lowest BCUT2D eigenvalue weighted by Crippen LogP contribution is -2.16. The summed E-state index contributed by atoms with van der Waals surface area (Å²) >= 11 is 1.39. The molecule has 0 aromatic carbocycles. The summed E-state index contributed by atoms with van der Waals surface area (Å²) in [4.78, 5) is 12.0.